The van der Waals surface area contributed by atoms with E-state index in [4.69, 9.17) is 10.5 Å². The van der Waals surface area contributed by atoms with Gasteiger partial charge in [0.25, 0.3) is 0 Å². The first-order chi connectivity index (χ1) is 12.0. The van der Waals surface area contributed by atoms with Crippen LogP contribution in [-0.2, 0) is 0 Å². The SMILES string of the molecule is C=C(CCC)C(N)CSC(=C)C(C)c1ccc2cc(OC)ccc2c1. The second kappa shape index (κ2) is 9.12. The quantitative estimate of drug-likeness (QED) is 0.570. The Labute approximate surface area is 156 Å². The highest BCUT2D eigenvalue weighted by atomic mass is 32.2. The molecule has 0 aliphatic heterocycles. The Morgan fingerprint density at radius 1 is 1.16 bits per heavy atom. The van der Waals surface area contributed by atoms with Crippen molar-refractivity contribution >= 4 is 22.5 Å². The van der Waals surface area contributed by atoms with Crippen molar-refractivity contribution < 1.29 is 4.74 Å². The van der Waals surface area contributed by atoms with Crippen LogP contribution in [0.2, 0.25) is 0 Å². The van der Waals surface area contributed by atoms with Gasteiger partial charge in [0.2, 0.25) is 0 Å². The summed E-state index contributed by atoms with van der Waals surface area (Å²) < 4.78 is 5.29. The highest BCUT2D eigenvalue weighted by molar-refractivity contribution is 8.03. The lowest BCUT2D eigenvalue weighted by molar-refractivity contribution is 0.415. The van der Waals surface area contributed by atoms with Crippen molar-refractivity contribution in [2.45, 2.75) is 38.6 Å². The number of methoxy groups -OCH3 is 1. The summed E-state index contributed by atoms with van der Waals surface area (Å²) in [6.07, 6.45) is 2.09. The Hall–Kier alpha value is -1.71. The minimum Gasteiger partial charge on any atom is -0.497 e. The first kappa shape index (κ1) is 19.6. The molecule has 0 aromatic heterocycles. The van der Waals surface area contributed by atoms with E-state index in [9.17, 15) is 0 Å². The van der Waals surface area contributed by atoms with Crippen molar-refractivity contribution in [1.29, 1.82) is 0 Å². The van der Waals surface area contributed by atoms with Crippen LogP contribution in [-0.4, -0.2) is 18.9 Å². The molecule has 0 bridgehead atoms. The van der Waals surface area contributed by atoms with E-state index in [0.717, 1.165) is 34.8 Å². The zero-order valence-corrected chi connectivity index (χ0v) is 16.4. The minimum atomic E-state index is 0.0398. The summed E-state index contributed by atoms with van der Waals surface area (Å²) in [4.78, 5) is 1.15. The summed E-state index contributed by atoms with van der Waals surface area (Å²) in [6, 6.07) is 12.8. The summed E-state index contributed by atoms with van der Waals surface area (Å²) in [6.45, 7) is 12.7. The van der Waals surface area contributed by atoms with Crippen molar-refractivity contribution in [2.24, 2.45) is 5.73 Å². The monoisotopic (exact) mass is 355 g/mol. The van der Waals surface area contributed by atoms with Crippen LogP contribution in [0.15, 0.2) is 60.0 Å². The van der Waals surface area contributed by atoms with Crippen LogP contribution in [0.4, 0.5) is 0 Å². The van der Waals surface area contributed by atoms with Crippen molar-refractivity contribution in [2.75, 3.05) is 12.9 Å². The Kier molecular flexibility index (Phi) is 7.15. The predicted molar refractivity (Wildman–Crippen MR) is 113 cm³/mol. The number of fused-ring (bicyclic) bond motifs is 1. The second-order valence-corrected chi connectivity index (χ2v) is 7.63. The van der Waals surface area contributed by atoms with Gasteiger partial charge >= 0.3 is 0 Å². The van der Waals surface area contributed by atoms with Crippen molar-refractivity contribution in [3.05, 3.63) is 65.6 Å². The number of thioether (sulfide) groups is 1. The Morgan fingerprint density at radius 2 is 1.84 bits per heavy atom. The van der Waals surface area contributed by atoms with Gasteiger partial charge in [-0.05, 0) is 39.8 Å². The number of hydrogen-bond donors (Lipinski definition) is 1. The van der Waals surface area contributed by atoms with Crippen molar-refractivity contribution in [1.82, 2.24) is 0 Å². The summed E-state index contributed by atoms with van der Waals surface area (Å²) in [5, 5.41) is 2.41. The van der Waals surface area contributed by atoms with E-state index in [1.165, 1.54) is 16.3 Å². The van der Waals surface area contributed by atoms with E-state index in [1.807, 2.05) is 6.07 Å². The highest BCUT2D eigenvalue weighted by Crippen LogP contribution is 2.33. The molecule has 2 unspecified atom stereocenters. The maximum atomic E-state index is 6.22. The molecule has 0 aliphatic carbocycles. The number of hydrogen-bond acceptors (Lipinski definition) is 3. The molecule has 0 spiro atoms. The first-order valence-corrected chi connectivity index (χ1v) is 9.77. The van der Waals surface area contributed by atoms with Crippen LogP contribution in [0.1, 0.15) is 38.2 Å². The van der Waals surface area contributed by atoms with Gasteiger partial charge in [-0.15, -0.1) is 11.8 Å². The third kappa shape index (κ3) is 5.13. The van der Waals surface area contributed by atoms with Gasteiger partial charge in [0.1, 0.15) is 5.75 Å². The molecule has 0 saturated carbocycles. The first-order valence-electron chi connectivity index (χ1n) is 8.78. The van der Waals surface area contributed by atoms with Crippen LogP contribution >= 0.6 is 11.8 Å². The zero-order valence-electron chi connectivity index (χ0n) is 15.5. The zero-order chi connectivity index (χ0) is 18.4. The van der Waals surface area contributed by atoms with E-state index in [0.29, 0.717) is 0 Å². The molecule has 2 rings (SSSR count). The van der Waals surface area contributed by atoms with Crippen LogP contribution < -0.4 is 10.5 Å². The van der Waals surface area contributed by atoms with Gasteiger partial charge < -0.3 is 10.5 Å². The predicted octanol–water partition coefficient (Wildman–Crippen LogP) is 5.88. The van der Waals surface area contributed by atoms with Crippen LogP contribution in [0.5, 0.6) is 5.75 Å². The lowest BCUT2D eigenvalue weighted by atomic mass is 9.97. The molecule has 2 atom stereocenters. The average molecular weight is 356 g/mol. The smallest absolute Gasteiger partial charge is 0.119 e. The van der Waals surface area contributed by atoms with Crippen LogP contribution in [0, 0.1) is 0 Å². The summed E-state index contributed by atoms with van der Waals surface area (Å²) in [5.41, 5.74) is 8.63. The highest BCUT2D eigenvalue weighted by Gasteiger charge is 2.14. The fraction of sp³-hybridized carbons (Fsp3) is 0.364. The molecule has 2 N–H and O–H groups in total. The average Bonchev–Trinajstić information content (AvgIpc) is 2.64. The van der Waals surface area contributed by atoms with Crippen molar-refractivity contribution in [3.63, 3.8) is 0 Å². The van der Waals surface area contributed by atoms with Gasteiger partial charge in [-0.3, -0.25) is 0 Å². The number of allylic oxidation sites excluding steroid dienone is 1. The standard InChI is InChI=1S/C22H29NOS/c1-6-7-15(2)22(23)14-25-17(4)16(3)18-8-9-20-13-21(24-5)11-10-19(20)12-18/h8-13,16,22H,2,4,6-7,14,23H2,1,3,5H3. The van der Waals surface area contributed by atoms with Crippen LogP contribution in [0.25, 0.3) is 10.8 Å². The lowest BCUT2D eigenvalue weighted by Crippen LogP contribution is -2.25. The molecule has 2 nitrogen and oxygen atoms in total. The maximum absolute atomic E-state index is 6.22. The summed E-state index contributed by atoms with van der Waals surface area (Å²) >= 11 is 1.75. The molecule has 0 saturated heterocycles. The fourth-order valence-electron chi connectivity index (χ4n) is 2.77. The Bertz CT molecular complexity index is 753. The van der Waals surface area contributed by atoms with Gasteiger partial charge in [-0.25, -0.2) is 0 Å². The van der Waals surface area contributed by atoms with Gasteiger partial charge in [-0.1, -0.05) is 63.3 Å². The molecule has 3 heteroatoms. The largest absolute Gasteiger partial charge is 0.497 e. The summed E-state index contributed by atoms with van der Waals surface area (Å²) in [5.74, 6) is 2.00. The van der Waals surface area contributed by atoms with Gasteiger partial charge in [0, 0.05) is 17.7 Å². The molecule has 0 fully saturated rings. The molecule has 2 aromatic rings. The number of ether oxygens (including phenoxy) is 1. The van der Waals surface area contributed by atoms with E-state index < -0.39 is 0 Å². The third-order valence-electron chi connectivity index (χ3n) is 4.60. The van der Waals surface area contributed by atoms with E-state index >= 15 is 0 Å². The second-order valence-electron chi connectivity index (χ2n) is 6.49. The molecule has 0 aliphatic rings. The molecule has 134 valence electrons. The van der Waals surface area contributed by atoms with Gasteiger partial charge in [0.15, 0.2) is 0 Å². The molecule has 0 radical (unpaired) electrons. The Morgan fingerprint density at radius 3 is 2.52 bits per heavy atom. The summed E-state index contributed by atoms with van der Waals surface area (Å²) in [7, 11) is 1.69. The van der Waals surface area contributed by atoms with E-state index in [-0.39, 0.29) is 12.0 Å². The Balaban J connectivity index is 2.03. The van der Waals surface area contributed by atoms with Crippen molar-refractivity contribution in [3.8, 4) is 5.75 Å². The molecular weight excluding hydrogens is 326 g/mol. The number of nitrogens with two attached hydrogens (primary N) is 1. The normalized spacial score (nSPS) is 13.4. The number of rotatable bonds is 9. The van der Waals surface area contributed by atoms with E-state index in [1.54, 1.807) is 18.9 Å². The van der Waals surface area contributed by atoms with Gasteiger partial charge in [-0.2, -0.15) is 0 Å². The molecular formula is C22H29NOS. The van der Waals surface area contributed by atoms with Crippen LogP contribution in [0.3, 0.4) is 0 Å². The lowest BCUT2D eigenvalue weighted by Gasteiger charge is -2.19. The maximum Gasteiger partial charge on any atom is 0.119 e. The van der Waals surface area contributed by atoms with Gasteiger partial charge in [0.05, 0.1) is 7.11 Å². The molecule has 2 aromatic carbocycles. The number of benzene rings is 2. The van der Waals surface area contributed by atoms with E-state index in [2.05, 4.69) is 57.3 Å². The molecule has 0 amide bonds. The minimum absolute atomic E-state index is 0.0398. The third-order valence-corrected chi connectivity index (χ3v) is 5.85. The fourth-order valence-corrected chi connectivity index (χ4v) is 3.79. The molecule has 0 heterocycles. The topological polar surface area (TPSA) is 35.2 Å². The molecule has 25 heavy (non-hydrogen) atoms.